The average molecular weight is 392 g/mol. The summed E-state index contributed by atoms with van der Waals surface area (Å²) in [4.78, 5) is 9.98. The highest BCUT2D eigenvalue weighted by molar-refractivity contribution is 7.15. The van der Waals surface area contributed by atoms with Crippen LogP contribution in [0.25, 0.3) is 38.6 Å². The van der Waals surface area contributed by atoms with Crippen LogP contribution in [0.3, 0.4) is 0 Å². The molecule has 0 unspecified atom stereocenters. The van der Waals surface area contributed by atoms with Crippen LogP contribution in [0.5, 0.6) is 0 Å². The number of imidazole rings is 1. The van der Waals surface area contributed by atoms with Gasteiger partial charge in [-0.1, -0.05) is 54.6 Å². The largest absolute Gasteiger partial charge is 0.285 e. The van der Waals surface area contributed by atoms with Gasteiger partial charge in [0, 0.05) is 28.9 Å². The molecule has 0 aliphatic carbocycles. The van der Waals surface area contributed by atoms with Crippen molar-refractivity contribution in [2.24, 2.45) is 0 Å². The van der Waals surface area contributed by atoms with Gasteiger partial charge in [-0.05, 0) is 23.3 Å². The van der Waals surface area contributed by atoms with Gasteiger partial charge in [0.15, 0.2) is 4.96 Å². The molecule has 0 fully saturated rings. The van der Waals surface area contributed by atoms with Crippen molar-refractivity contribution in [1.29, 1.82) is 5.26 Å². The van der Waals surface area contributed by atoms with E-state index in [0.29, 0.717) is 6.42 Å². The number of thiazole rings is 1. The second kappa shape index (κ2) is 7.34. The minimum atomic E-state index is 0.293. The third-order valence-corrected chi connectivity index (χ3v) is 5.75. The van der Waals surface area contributed by atoms with Gasteiger partial charge in [-0.15, -0.1) is 11.3 Å². The van der Waals surface area contributed by atoms with E-state index in [1.165, 1.54) is 5.56 Å². The fourth-order valence-corrected chi connectivity index (χ4v) is 4.47. The van der Waals surface area contributed by atoms with Crippen LogP contribution in [-0.2, 0) is 6.42 Å². The standard InChI is InChI=1S/C24H16N4S/c25-13-12-21-23(19-10-8-18(9-11-19)17-5-2-1-3-6-17)27-24-28(21)22(16-29-24)20-7-4-14-26-15-20/h1-11,14-16H,12H2. The topological polar surface area (TPSA) is 54.0 Å². The molecular weight excluding hydrogens is 376 g/mol. The van der Waals surface area contributed by atoms with E-state index in [2.05, 4.69) is 57.2 Å². The SMILES string of the molecule is N#CCc1c(-c2ccc(-c3ccccc3)cc2)nc2scc(-c3cccnc3)n12. The Balaban J connectivity index is 1.63. The Morgan fingerprint density at radius 1 is 0.862 bits per heavy atom. The van der Waals surface area contributed by atoms with Crippen LogP contribution in [0.1, 0.15) is 5.69 Å². The summed E-state index contributed by atoms with van der Waals surface area (Å²) in [5.41, 5.74) is 7.17. The molecule has 0 radical (unpaired) electrons. The molecule has 3 aromatic heterocycles. The highest BCUT2D eigenvalue weighted by atomic mass is 32.1. The summed E-state index contributed by atoms with van der Waals surface area (Å²) < 4.78 is 2.09. The van der Waals surface area contributed by atoms with Gasteiger partial charge in [-0.2, -0.15) is 5.26 Å². The zero-order valence-corrected chi connectivity index (χ0v) is 16.3. The van der Waals surface area contributed by atoms with E-state index in [-0.39, 0.29) is 0 Å². The van der Waals surface area contributed by atoms with Gasteiger partial charge in [0.1, 0.15) is 0 Å². The lowest BCUT2D eigenvalue weighted by Crippen LogP contribution is -1.95. The molecule has 0 saturated carbocycles. The van der Waals surface area contributed by atoms with Crippen molar-refractivity contribution in [2.45, 2.75) is 6.42 Å². The van der Waals surface area contributed by atoms with Crippen molar-refractivity contribution in [2.75, 3.05) is 0 Å². The Bertz CT molecular complexity index is 1310. The summed E-state index contributed by atoms with van der Waals surface area (Å²) in [6.07, 6.45) is 3.89. The number of aromatic nitrogens is 3. The van der Waals surface area contributed by atoms with Crippen molar-refractivity contribution < 1.29 is 0 Å². The fourth-order valence-electron chi connectivity index (χ4n) is 3.55. The highest BCUT2D eigenvalue weighted by Gasteiger charge is 2.18. The van der Waals surface area contributed by atoms with Crippen LogP contribution in [0.2, 0.25) is 0 Å². The Kier molecular flexibility index (Phi) is 4.39. The lowest BCUT2D eigenvalue weighted by atomic mass is 10.0. The summed E-state index contributed by atoms with van der Waals surface area (Å²) >= 11 is 1.58. The molecule has 0 amide bonds. The van der Waals surface area contributed by atoms with E-state index in [0.717, 1.165) is 38.7 Å². The number of pyridine rings is 1. The normalized spacial score (nSPS) is 10.9. The van der Waals surface area contributed by atoms with Gasteiger partial charge in [-0.3, -0.25) is 9.38 Å². The van der Waals surface area contributed by atoms with Crippen molar-refractivity contribution in [3.63, 3.8) is 0 Å². The maximum atomic E-state index is 9.46. The minimum absolute atomic E-state index is 0.293. The molecule has 5 heteroatoms. The summed E-state index contributed by atoms with van der Waals surface area (Å²) in [7, 11) is 0. The molecule has 2 aromatic carbocycles. The van der Waals surface area contributed by atoms with Crippen molar-refractivity contribution >= 4 is 16.3 Å². The van der Waals surface area contributed by atoms with Gasteiger partial charge in [-0.25, -0.2) is 4.98 Å². The molecular formula is C24H16N4S. The van der Waals surface area contributed by atoms with Crippen LogP contribution >= 0.6 is 11.3 Å². The predicted molar refractivity (Wildman–Crippen MR) is 116 cm³/mol. The molecule has 0 atom stereocenters. The number of benzene rings is 2. The van der Waals surface area contributed by atoms with E-state index in [4.69, 9.17) is 4.98 Å². The van der Waals surface area contributed by atoms with Crippen LogP contribution in [-0.4, -0.2) is 14.4 Å². The molecule has 0 bridgehead atoms. The van der Waals surface area contributed by atoms with E-state index in [1.54, 1.807) is 17.5 Å². The Morgan fingerprint density at radius 3 is 2.31 bits per heavy atom. The quantitative estimate of drug-likeness (QED) is 0.385. The molecule has 0 spiro atoms. The molecule has 29 heavy (non-hydrogen) atoms. The zero-order chi connectivity index (χ0) is 19.6. The van der Waals surface area contributed by atoms with Gasteiger partial charge < -0.3 is 0 Å². The molecule has 5 aromatic rings. The smallest absolute Gasteiger partial charge is 0.194 e. The second-order valence-corrected chi connectivity index (χ2v) is 7.50. The maximum absolute atomic E-state index is 9.46. The predicted octanol–water partition coefficient (Wildman–Crippen LogP) is 5.86. The first kappa shape index (κ1) is 17.4. The first-order valence-corrected chi connectivity index (χ1v) is 10.1. The Morgan fingerprint density at radius 2 is 1.59 bits per heavy atom. The monoisotopic (exact) mass is 392 g/mol. The first-order valence-electron chi connectivity index (χ1n) is 9.27. The number of hydrogen-bond donors (Lipinski definition) is 0. The number of nitrogens with zero attached hydrogens (tertiary/aromatic N) is 4. The van der Waals surface area contributed by atoms with E-state index in [9.17, 15) is 5.26 Å². The van der Waals surface area contributed by atoms with Crippen molar-refractivity contribution in [3.05, 3.63) is 90.2 Å². The lowest BCUT2D eigenvalue weighted by Gasteiger charge is -2.06. The van der Waals surface area contributed by atoms with Gasteiger partial charge >= 0.3 is 0 Å². The van der Waals surface area contributed by atoms with Crippen molar-refractivity contribution in [1.82, 2.24) is 14.4 Å². The third kappa shape index (κ3) is 3.10. The summed E-state index contributed by atoms with van der Waals surface area (Å²) in [5, 5.41) is 11.5. The number of nitriles is 1. The van der Waals surface area contributed by atoms with Crippen LogP contribution in [0.15, 0.2) is 84.5 Å². The Hall–Kier alpha value is -3.75. The summed E-state index contributed by atoms with van der Waals surface area (Å²) in [6.45, 7) is 0. The van der Waals surface area contributed by atoms with Crippen LogP contribution < -0.4 is 0 Å². The highest BCUT2D eigenvalue weighted by Crippen LogP contribution is 2.33. The second-order valence-electron chi connectivity index (χ2n) is 6.67. The maximum Gasteiger partial charge on any atom is 0.194 e. The van der Waals surface area contributed by atoms with Crippen molar-refractivity contribution in [3.8, 4) is 39.7 Å². The van der Waals surface area contributed by atoms with Gasteiger partial charge in [0.05, 0.1) is 29.6 Å². The molecule has 138 valence electrons. The van der Waals surface area contributed by atoms with E-state index < -0.39 is 0 Å². The zero-order valence-electron chi connectivity index (χ0n) is 15.5. The van der Waals surface area contributed by atoms with E-state index >= 15 is 0 Å². The van der Waals surface area contributed by atoms with Gasteiger partial charge in [0.25, 0.3) is 0 Å². The molecule has 5 rings (SSSR count). The van der Waals surface area contributed by atoms with E-state index in [1.807, 2.05) is 36.5 Å². The van der Waals surface area contributed by atoms with Crippen LogP contribution in [0.4, 0.5) is 0 Å². The Labute approximate surface area is 172 Å². The third-order valence-electron chi connectivity index (χ3n) is 4.93. The number of fused-ring (bicyclic) bond motifs is 1. The fraction of sp³-hybridized carbons (Fsp3) is 0.0417. The molecule has 4 nitrogen and oxygen atoms in total. The number of rotatable bonds is 4. The van der Waals surface area contributed by atoms with Gasteiger partial charge in [0.2, 0.25) is 0 Å². The minimum Gasteiger partial charge on any atom is -0.285 e. The van der Waals surface area contributed by atoms with Crippen LogP contribution in [0, 0.1) is 11.3 Å². The molecule has 0 saturated heterocycles. The molecule has 0 N–H and O–H groups in total. The number of hydrogen-bond acceptors (Lipinski definition) is 4. The first-order chi connectivity index (χ1) is 14.3. The average Bonchev–Trinajstić information content (AvgIpc) is 3.36. The summed E-state index contributed by atoms with van der Waals surface area (Å²) in [5.74, 6) is 0. The molecule has 0 aliphatic rings. The lowest BCUT2D eigenvalue weighted by molar-refractivity contribution is 1.08. The summed E-state index contributed by atoms with van der Waals surface area (Å²) in [6, 6.07) is 24.9. The molecule has 3 heterocycles. The molecule has 0 aliphatic heterocycles.